The maximum atomic E-state index is 13.6. The molecule has 2 aromatic rings. The molecule has 1 saturated heterocycles. The first-order valence-corrected chi connectivity index (χ1v) is 14.7. The van der Waals surface area contributed by atoms with Crippen LogP contribution in [0.5, 0.6) is 0 Å². The van der Waals surface area contributed by atoms with E-state index in [-0.39, 0.29) is 35.5 Å². The molecule has 2 saturated carbocycles. The van der Waals surface area contributed by atoms with E-state index >= 15 is 0 Å². The lowest BCUT2D eigenvalue weighted by atomic mass is 9.58. The number of rotatable bonds is 3. The Morgan fingerprint density at radius 2 is 1.88 bits per heavy atom. The summed E-state index contributed by atoms with van der Waals surface area (Å²) in [6.07, 6.45) is 2.09. The molecule has 1 aromatic heterocycles. The van der Waals surface area contributed by atoms with Crippen molar-refractivity contribution in [3.8, 4) is 11.3 Å². The third kappa shape index (κ3) is 3.60. The van der Waals surface area contributed by atoms with Crippen molar-refractivity contribution in [1.29, 1.82) is 0 Å². The normalized spacial score (nSPS) is 41.5. The van der Waals surface area contributed by atoms with E-state index in [2.05, 4.69) is 32.0 Å². The van der Waals surface area contributed by atoms with Gasteiger partial charge in [0.25, 0.3) is 0 Å². The maximum Gasteiger partial charge on any atom is 0.361 e. The average molecular weight is 562 g/mol. The highest BCUT2D eigenvalue weighted by atomic mass is 16.7. The van der Waals surface area contributed by atoms with Crippen LogP contribution in [0.1, 0.15) is 58.5 Å². The van der Waals surface area contributed by atoms with Gasteiger partial charge in [-0.15, -0.1) is 0 Å². The summed E-state index contributed by atoms with van der Waals surface area (Å²) in [6, 6.07) is 10.9. The molecule has 41 heavy (non-hydrogen) atoms. The lowest BCUT2D eigenvalue weighted by Gasteiger charge is -2.55. The Morgan fingerprint density at radius 1 is 1.15 bits per heavy atom. The average Bonchev–Trinajstić information content (AvgIpc) is 3.22. The number of esters is 1. The van der Waals surface area contributed by atoms with Gasteiger partial charge in [0.2, 0.25) is 0 Å². The van der Waals surface area contributed by atoms with Crippen molar-refractivity contribution >= 4 is 5.97 Å². The number of nitrogens with zero attached hydrogens (tertiary/aromatic N) is 1. The molecule has 218 valence electrons. The fraction of sp³-hybridized carbons (Fsp3) is 0.576. The smallest absolute Gasteiger partial charge is 0.361 e. The number of benzene rings is 1. The SMILES string of the molecule is CC1=CC23C(C)CC4C(C(C=C5COC(C)(C)OC5C2(O)C1OC(=O)c1cc(-c2ccccc2)on1)C3O)C4(C)C. The summed E-state index contributed by atoms with van der Waals surface area (Å²) in [5, 5.41) is 29.5. The van der Waals surface area contributed by atoms with Crippen molar-refractivity contribution in [2.75, 3.05) is 6.61 Å². The van der Waals surface area contributed by atoms with Gasteiger partial charge in [-0.25, -0.2) is 4.79 Å². The molecule has 8 nitrogen and oxygen atoms in total. The van der Waals surface area contributed by atoms with Gasteiger partial charge < -0.3 is 28.9 Å². The van der Waals surface area contributed by atoms with Crippen molar-refractivity contribution < 1.29 is 33.7 Å². The zero-order chi connectivity index (χ0) is 29.1. The quantitative estimate of drug-likeness (QED) is 0.401. The van der Waals surface area contributed by atoms with Gasteiger partial charge in [0.05, 0.1) is 18.1 Å². The summed E-state index contributed by atoms with van der Waals surface area (Å²) in [5.41, 5.74) is -0.543. The Labute approximate surface area is 240 Å². The number of fused-ring (bicyclic) bond motifs is 5. The van der Waals surface area contributed by atoms with Gasteiger partial charge in [0.15, 0.2) is 23.3 Å². The molecule has 2 heterocycles. The number of hydrogen-bond donors (Lipinski definition) is 2. The second kappa shape index (κ2) is 8.63. The van der Waals surface area contributed by atoms with Crippen LogP contribution >= 0.6 is 0 Å². The van der Waals surface area contributed by atoms with Gasteiger partial charge in [0.1, 0.15) is 11.7 Å². The van der Waals surface area contributed by atoms with Crippen LogP contribution in [0, 0.1) is 34.5 Å². The Morgan fingerprint density at radius 3 is 2.61 bits per heavy atom. The van der Waals surface area contributed by atoms with E-state index in [9.17, 15) is 15.0 Å². The largest absolute Gasteiger partial charge is 0.450 e. The first kappa shape index (κ1) is 27.1. The van der Waals surface area contributed by atoms with E-state index in [1.54, 1.807) is 6.07 Å². The number of aliphatic hydroxyl groups excluding tert-OH is 1. The van der Waals surface area contributed by atoms with Crippen molar-refractivity contribution in [2.24, 2.45) is 34.5 Å². The van der Waals surface area contributed by atoms with Crippen LogP contribution in [0.3, 0.4) is 0 Å². The van der Waals surface area contributed by atoms with E-state index in [1.807, 2.05) is 57.2 Å². The standard InChI is InChI=1S/C33H39NO7/c1-17-15-32-18(2)12-22-25(30(22,3)4)21(26(32)35)13-20-16-38-31(5,6)40-28(20)33(32,37)27(17)39-29(36)23-14-24(41-34-23)19-10-8-7-9-11-19/h7-11,13-15,18,21-22,25-28,35,37H,12,16H2,1-6H3. The number of carbonyl (C=O) groups excluding carboxylic acids is 1. The van der Waals surface area contributed by atoms with E-state index < -0.39 is 41.1 Å². The fourth-order valence-electron chi connectivity index (χ4n) is 8.89. The van der Waals surface area contributed by atoms with E-state index in [1.165, 1.54) is 0 Å². The molecule has 5 aliphatic rings. The lowest BCUT2D eigenvalue weighted by molar-refractivity contribution is -0.312. The molecule has 2 N–H and O–H groups in total. The molecule has 4 aliphatic carbocycles. The molecule has 2 bridgehead atoms. The number of aliphatic hydroxyl groups is 2. The van der Waals surface area contributed by atoms with Crippen molar-refractivity contribution in [1.82, 2.24) is 5.16 Å². The van der Waals surface area contributed by atoms with Gasteiger partial charge in [-0.3, -0.25) is 0 Å². The highest BCUT2D eigenvalue weighted by Gasteiger charge is 2.77. The predicted octanol–water partition coefficient (Wildman–Crippen LogP) is 4.93. The van der Waals surface area contributed by atoms with E-state index in [4.69, 9.17) is 18.7 Å². The highest BCUT2D eigenvalue weighted by molar-refractivity contribution is 5.88. The molecule has 1 aromatic carbocycles. The highest BCUT2D eigenvalue weighted by Crippen LogP contribution is 2.73. The van der Waals surface area contributed by atoms with Crippen LogP contribution in [0.25, 0.3) is 11.3 Å². The number of hydrogen-bond acceptors (Lipinski definition) is 8. The predicted molar refractivity (Wildman–Crippen MR) is 149 cm³/mol. The maximum absolute atomic E-state index is 13.6. The molecular formula is C33H39NO7. The van der Waals surface area contributed by atoms with Crippen LogP contribution in [-0.4, -0.2) is 57.6 Å². The molecule has 1 spiro atoms. The van der Waals surface area contributed by atoms with Crippen LogP contribution in [0.15, 0.2) is 64.2 Å². The molecular weight excluding hydrogens is 522 g/mol. The first-order chi connectivity index (χ1) is 19.3. The van der Waals surface area contributed by atoms with Crippen molar-refractivity contribution in [2.45, 2.75) is 77.7 Å². The zero-order valence-corrected chi connectivity index (χ0v) is 24.5. The Bertz CT molecular complexity index is 1460. The molecule has 9 unspecified atom stereocenters. The third-order valence-corrected chi connectivity index (χ3v) is 10.9. The summed E-state index contributed by atoms with van der Waals surface area (Å²) in [5.74, 6) is -0.869. The molecule has 8 heteroatoms. The zero-order valence-electron chi connectivity index (χ0n) is 24.5. The van der Waals surface area contributed by atoms with E-state index in [0.717, 1.165) is 17.6 Å². The number of carbonyl (C=O) groups is 1. The number of aromatic nitrogens is 1. The van der Waals surface area contributed by atoms with Crippen LogP contribution in [0.4, 0.5) is 0 Å². The monoisotopic (exact) mass is 561 g/mol. The minimum absolute atomic E-state index is 0.00847. The lowest BCUT2D eigenvalue weighted by Crippen LogP contribution is -2.69. The molecule has 7 rings (SSSR count). The van der Waals surface area contributed by atoms with Gasteiger partial charge in [-0.2, -0.15) is 0 Å². The molecule has 3 fully saturated rings. The van der Waals surface area contributed by atoms with E-state index in [0.29, 0.717) is 17.3 Å². The minimum Gasteiger partial charge on any atom is -0.450 e. The second-order valence-electron chi connectivity index (χ2n) is 13.9. The topological polar surface area (TPSA) is 111 Å². The Kier molecular flexibility index (Phi) is 5.70. The fourth-order valence-corrected chi connectivity index (χ4v) is 8.89. The Balaban J connectivity index is 1.31. The van der Waals surface area contributed by atoms with Gasteiger partial charge in [-0.1, -0.05) is 68.4 Å². The van der Waals surface area contributed by atoms with Crippen molar-refractivity contribution in [3.63, 3.8) is 0 Å². The van der Waals surface area contributed by atoms with Gasteiger partial charge >= 0.3 is 5.97 Å². The minimum atomic E-state index is -1.78. The summed E-state index contributed by atoms with van der Waals surface area (Å²) < 4.78 is 24.2. The van der Waals surface area contributed by atoms with Gasteiger partial charge in [0, 0.05) is 17.5 Å². The summed E-state index contributed by atoms with van der Waals surface area (Å²) in [6.45, 7) is 12.4. The molecule has 9 atom stereocenters. The summed E-state index contributed by atoms with van der Waals surface area (Å²) in [4.78, 5) is 13.6. The van der Waals surface area contributed by atoms with Crippen LogP contribution < -0.4 is 0 Å². The van der Waals surface area contributed by atoms with Gasteiger partial charge in [-0.05, 0) is 61.5 Å². The van der Waals surface area contributed by atoms with Crippen LogP contribution in [-0.2, 0) is 14.2 Å². The second-order valence-corrected chi connectivity index (χ2v) is 13.9. The first-order valence-electron chi connectivity index (χ1n) is 14.7. The van der Waals surface area contributed by atoms with Crippen molar-refractivity contribution in [3.05, 3.63) is 65.4 Å². The molecule has 1 aliphatic heterocycles. The Hall–Kier alpha value is -2.78. The van der Waals surface area contributed by atoms with Crippen LogP contribution in [0.2, 0.25) is 0 Å². The summed E-state index contributed by atoms with van der Waals surface area (Å²) >= 11 is 0. The third-order valence-electron chi connectivity index (χ3n) is 10.9. The molecule has 0 radical (unpaired) electrons. The molecule has 0 amide bonds. The number of ether oxygens (including phenoxy) is 3. The summed E-state index contributed by atoms with van der Waals surface area (Å²) in [7, 11) is 0.